The van der Waals surface area contributed by atoms with E-state index in [1.807, 2.05) is 27.0 Å². The van der Waals surface area contributed by atoms with Gasteiger partial charge in [0, 0.05) is 18.8 Å². The fourth-order valence-electron chi connectivity index (χ4n) is 0.760. The van der Waals surface area contributed by atoms with Gasteiger partial charge >= 0.3 is 0 Å². The molecule has 1 rings (SSSR count). The van der Waals surface area contributed by atoms with Gasteiger partial charge in [0.1, 0.15) is 5.82 Å². The molecule has 0 fully saturated rings. The standard InChI is InChI=1S/C7H13N3.C2H6/c1-5(2)6-4-7(8-3)10-9-6;1-2/h4-5H,1-3H3,(H2,8,9,10);1-2H3. The maximum atomic E-state index is 4.02. The second-order valence-corrected chi connectivity index (χ2v) is 2.61. The molecule has 0 aliphatic rings. The molecule has 0 aromatic carbocycles. The minimum absolute atomic E-state index is 0.523. The van der Waals surface area contributed by atoms with E-state index < -0.39 is 0 Å². The second-order valence-electron chi connectivity index (χ2n) is 2.61. The Kier molecular flexibility index (Phi) is 5.17. The van der Waals surface area contributed by atoms with Crippen molar-refractivity contribution in [3.8, 4) is 0 Å². The third-order valence-electron chi connectivity index (χ3n) is 1.48. The van der Waals surface area contributed by atoms with Crippen molar-refractivity contribution in [2.24, 2.45) is 0 Å². The van der Waals surface area contributed by atoms with Crippen LogP contribution in [-0.4, -0.2) is 17.2 Å². The van der Waals surface area contributed by atoms with Crippen LogP contribution >= 0.6 is 0 Å². The number of rotatable bonds is 2. The topological polar surface area (TPSA) is 40.7 Å². The van der Waals surface area contributed by atoms with Crippen LogP contribution in [-0.2, 0) is 0 Å². The summed E-state index contributed by atoms with van der Waals surface area (Å²) in [5, 5.41) is 9.92. The monoisotopic (exact) mass is 169 g/mol. The lowest BCUT2D eigenvalue weighted by atomic mass is 10.1. The van der Waals surface area contributed by atoms with Gasteiger partial charge < -0.3 is 5.32 Å². The van der Waals surface area contributed by atoms with E-state index in [-0.39, 0.29) is 0 Å². The minimum Gasteiger partial charge on any atom is -0.372 e. The van der Waals surface area contributed by atoms with Crippen LogP contribution < -0.4 is 5.32 Å². The Balaban J connectivity index is 0.000000561. The number of hydrogen-bond acceptors (Lipinski definition) is 2. The lowest BCUT2D eigenvalue weighted by Gasteiger charge is -1.96. The van der Waals surface area contributed by atoms with Gasteiger partial charge in [0.2, 0.25) is 0 Å². The summed E-state index contributed by atoms with van der Waals surface area (Å²) in [6.07, 6.45) is 0. The smallest absolute Gasteiger partial charge is 0.147 e. The SMILES string of the molecule is CC.CNc1cc(C(C)C)[nH]n1. The molecule has 0 saturated heterocycles. The molecule has 3 nitrogen and oxygen atoms in total. The Morgan fingerprint density at radius 3 is 2.25 bits per heavy atom. The summed E-state index contributed by atoms with van der Waals surface area (Å²) < 4.78 is 0. The van der Waals surface area contributed by atoms with Gasteiger partial charge in [-0.25, -0.2) is 0 Å². The van der Waals surface area contributed by atoms with Crippen LogP contribution in [0.3, 0.4) is 0 Å². The number of H-pyrrole nitrogens is 1. The van der Waals surface area contributed by atoms with E-state index in [2.05, 4.69) is 29.4 Å². The van der Waals surface area contributed by atoms with E-state index in [1.54, 1.807) is 0 Å². The predicted octanol–water partition coefficient (Wildman–Crippen LogP) is 2.60. The first-order valence-electron chi connectivity index (χ1n) is 4.47. The van der Waals surface area contributed by atoms with Crippen molar-refractivity contribution in [3.63, 3.8) is 0 Å². The molecule has 1 aromatic heterocycles. The maximum absolute atomic E-state index is 4.02. The minimum atomic E-state index is 0.523. The summed E-state index contributed by atoms with van der Waals surface area (Å²) in [4.78, 5) is 0. The van der Waals surface area contributed by atoms with Crippen LogP contribution in [0.2, 0.25) is 0 Å². The molecule has 0 saturated carbocycles. The van der Waals surface area contributed by atoms with E-state index in [0.717, 1.165) is 5.82 Å². The molecule has 0 aliphatic heterocycles. The van der Waals surface area contributed by atoms with Crippen LogP contribution in [0, 0.1) is 0 Å². The molecule has 12 heavy (non-hydrogen) atoms. The molecular formula is C9H19N3. The number of anilines is 1. The summed E-state index contributed by atoms with van der Waals surface area (Å²) in [6.45, 7) is 8.26. The Bertz CT molecular complexity index is 203. The van der Waals surface area contributed by atoms with Crippen LogP contribution in [0.1, 0.15) is 39.3 Å². The molecule has 0 amide bonds. The molecule has 0 spiro atoms. The molecule has 0 unspecified atom stereocenters. The summed E-state index contributed by atoms with van der Waals surface area (Å²) in [5.41, 5.74) is 1.17. The van der Waals surface area contributed by atoms with E-state index in [0.29, 0.717) is 5.92 Å². The fraction of sp³-hybridized carbons (Fsp3) is 0.667. The van der Waals surface area contributed by atoms with E-state index in [9.17, 15) is 0 Å². The number of aromatic nitrogens is 2. The Morgan fingerprint density at radius 1 is 1.42 bits per heavy atom. The van der Waals surface area contributed by atoms with Crippen LogP contribution in [0.4, 0.5) is 5.82 Å². The Hall–Kier alpha value is -0.990. The van der Waals surface area contributed by atoms with Gasteiger partial charge in [0.25, 0.3) is 0 Å². The second kappa shape index (κ2) is 5.63. The molecule has 70 valence electrons. The first-order valence-corrected chi connectivity index (χ1v) is 4.47. The lowest BCUT2D eigenvalue weighted by Crippen LogP contribution is -1.85. The molecule has 1 heterocycles. The third-order valence-corrected chi connectivity index (χ3v) is 1.48. The summed E-state index contributed by atoms with van der Waals surface area (Å²) >= 11 is 0. The molecule has 0 bridgehead atoms. The van der Waals surface area contributed by atoms with Crippen molar-refractivity contribution in [3.05, 3.63) is 11.8 Å². The average molecular weight is 169 g/mol. The highest BCUT2D eigenvalue weighted by Crippen LogP contribution is 2.13. The summed E-state index contributed by atoms with van der Waals surface area (Å²) in [7, 11) is 1.86. The van der Waals surface area contributed by atoms with Crippen LogP contribution in [0.25, 0.3) is 0 Å². The quantitative estimate of drug-likeness (QED) is 0.714. The molecule has 0 aliphatic carbocycles. The highest BCUT2D eigenvalue weighted by atomic mass is 15.2. The normalized spacial score (nSPS) is 9.17. The molecule has 3 heteroatoms. The third kappa shape index (κ3) is 2.95. The Labute approximate surface area is 74.6 Å². The zero-order valence-electron chi connectivity index (χ0n) is 8.60. The highest BCUT2D eigenvalue weighted by Gasteiger charge is 2.01. The van der Waals surface area contributed by atoms with Gasteiger partial charge in [0.05, 0.1) is 0 Å². The highest BCUT2D eigenvalue weighted by molar-refractivity contribution is 5.34. The zero-order chi connectivity index (χ0) is 9.56. The lowest BCUT2D eigenvalue weighted by molar-refractivity contribution is 0.811. The number of aromatic amines is 1. The van der Waals surface area contributed by atoms with Gasteiger partial charge in [-0.15, -0.1) is 0 Å². The van der Waals surface area contributed by atoms with Crippen molar-refractivity contribution >= 4 is 5.82 Å². The molecule has 0 atom stereocenters. The molecule has 0 radical (unpaired) electrons. The van der Waals surface area contributed by atoms with Gasteiger partial charge in [-0.3, -0.25) is 5.10 Å². The van der Waals surface area contributed by atoms with Crippen molar-refractivity contribution < 1.29 is 0 Å². The first-order chi connectivity index (χ1) is 5.74. The first kappa shape index (κ1) is 11.0. The predicted molar refractivity (Wildman–Crippen MR) is 53.6 cm³/mol. The average Bonchev–Trinajstić information content (AvgIpc) is 2.55. The maximum Gasteiger partial charge on any atom is 0.147 e. The van der Waals surface area contributed by atoms with Crippen molar-refractivity contribution in [2.75, 3.05) is 12.4 Å². The molecular weight excluding hydrogens is 150 g/mol. The van der Waals surface area contributed by atoms with Crippen molar-refractivity contribution in [1.82, 2.24) is 10.2 Å². The van der Waals surface area contributed by atoms with E-state index >= 15 is 0 Å². The largest absolute Gasteiger partial charge is 0.372 e. The number of hydrogen-bond donors (Lipinski definition) is 2. The van der Waals surface area contributed by atoms with Crippen molar-refractivity contribution in [2.45, 2.75) is 33.6 Å². The zero-order valence-corrected chi connectivity index (χ0v) is 8.60. The number of nitrogens with one attached hydrogen (secondary N) is 2. The molecule has 2 N–H and O–H groups in total. The van der Waals surface area contributed by atoms with Gasteiger partial charge in [-0.05, 0) is 5.92 Å². The Morgan fingerprint density at radius 2 is 2.00 bits per heavy atom. The van der Waals surface area contributed by atoms with E-state index in [1.165, 1.54) is 5.69 Å². The molecule has 1 aromatic rings. The summed E-state index contributed by atoms with van der Waals surface area (Å²) in [6, 6.07) is 2.02. The fourth-order valence-corrected chi connectivity index (χ4v) is 0.760. The number of nitrogens with zero attached hydrogens (tertiary/aromatic N) is 1. The van der Waals surface area contributed by atoms with Gasteiger partial charge in [0.15, 0.2) is 0 Å². The van der Waals surface area contributed by atoms with Gasteiger partial charge in [-0.1, -0.05) is 27.7 Å². The van der Waals surface area contributed by atoms with Crippen molar-refractivity contribution in [1.29, 1.82) is 0 Å². The van der Waals surface area contributed by atoms with Crippen LogP contribution in [0.5, 0.6) is 0 Å². The summed E-state index contributed by atoms with van der Waals surface area (Å²) in [5.74, 6) is 1.43. The van der Waals surface area contributed by atoms with Crippen LogP contribution in [0.15, 0.2) is 6.07 Å². The van der Waals surface area contributed by atoms with Gasteiger partial charge in [-0.2, -0.15) is 5.10 Å². The van der Waals surface area contributed by atoms with E-state index in [4.69, 9.17) is 0 Å².